The molecule has 0 fully saturated rings. The third-order valence-electron chi connectivity index (χ3n) is 3.55. The van der Waals surface area contributed by atoms with Crippen LogP contribution in [0.15, 0.2) is 23.2 Å². The Bertz CT molecular complexity index is 517. The topological polar surface area (TPSA) is 38.7 Å². The summed E-state index contributed by atoms with van der Waals surface area (Å²) in [5.74, 6) is 1.22. The minimum Gasteiger partial charge on any atom is -0.475 e. The van der Waals surface area contributed by atoms with Gasteiger partial charge < -0.3 is 4.74 Å². The van der Waals surface area contributed by atoms with Crippen LogP contribution in [-0.4, -0.2) is 24.3 Å². The summed E-state index contributed by atoms with van der Waals surface area (Å²) in [5.41, 5.74) is 2.64. The van der Waals surface area contributed by atoms with Crippen molar-refractivity contribution < 1.29 is 9.53 Å². The average Bonchev–Trinajstić information content (AvgIpc) is 2.87. The van der Waals surface area contributed by atoms with Crippen molar-refractivity contribution in [2.24, 2.45) is 10.9 Å². The molecule has 0 bridgehead atoms. The van der Waals surface area contributed by atoms with Gasteiger partial charge in [0.05, 0.1) is 11.6 Å². The first kappa shape index (κ1) is 13.8. The number of aryl methyl sites for hydroxylation is 1. The van der Waals surface area contributed by atoms with E-state index in [0.29, 0.717) is 24.8 Å². The molecular weight excluding hydrogens is 238 g/mol. The van der Waals surface area contributed by atoms with Crippen molar-refractivity contribution in [3.05, 3.63) is 34.9 Å². The summed E-state index contributed by atoms with van der Waals surface area (Å²) in [6.07, 6.45) is 0.497. The first-order valence-electron chi connectivity index (χ1n) is 6.88. The number of carbonyl (C=O) groups is 1. The second-order valence-electron chi connectivity index (χ2n) is 5.33. The minimum atomic E-state index is 0.137. The fraction of sp³-hybridized carbons (Fsp3) is 0.500. The van der Waals surface area contributed by atoms with Gasteiger partial charge in [0, 0.05) is 12.0 Å². The van der Waals surface area contributed by atoms with Crippen LogP contribution >= 0.6 is 0 Å². The lowest BCUT2D eigenvalue weighted by molar-refractivity contribution is 0.0987. The second-order valence-corrected chi connectivity index (χ2v) is 5.33. The van der Waals surface area contributed by atoms with Crippen molar-refractivity contribution in [2.75, 3.05) is 6.61 Å². The Morgan fingerprint density at radius 3 is 2.79 bits per heavy atom. The number of benzene rings is 1. The predicted molar refractivity (Wildman–Crippen MR) is 76.9 cm³/mol. The molecule has 1 heterocycles. The highest BCUT2D eigenvalue weighted by Gasteiger charge is 2.26. The van der Waals surface area contributed by atoms with Crippen LogP contribution in [-0.2, 0) is 4.74 Å². The molecule has 102 valence electrons. The van der Waals surface area contributed by atoms with Crippen LogP contribution < -0.4 is 0 Å². The largest absolute Gasteiger partial charge is 0.475 e. The van der Waals surface area contributed by atoms with E-state index in [2.05, 4.69) is 18.8 Å². The van der Waals surface area contributed by atoms with Crippen molar-refractivity contribution in [3.8, 4) is 0 Å². The Balaban J connectivity index is 2.45. The average molecular weight is 259 g/mol. The monoisotopic (exact) mass is 259 g/mol. The van der Waals surface area contributed by atoms with E-state index in [1.54, 1.807) is 0 Å². The van der Waals surface area contributed by atoms with Gasteiger partial charge in [0.1, 0.15) is 6.61 Å². The van der Waals surface area contributed by atoms with Crippen LogP contribution in [0.1, 0.15) is 48.7 Å². The molecule has 0 N–H and O–H groups in total. The van der Waals surface area contributed by atoms with Crippen molar-refractivity contribution in [1.82, 2.24) is 0 Å². The maximum Gasteiger partial charge on any atom is 0.217 e. The Morgan fingerprint density at radius 1 is 1.47 bits per heavy atom. The molecule has 3 nitrogen and oxygen atoms in total. The van der Waals surface area contributed by atoms with E-state index < -0.39 is 0 Å². The summed E-state index contributed by atoms with van der Waals surface area (Å²) in [5, 5.41) is 0. The molecule has 0 radical (unpaired) electrons. The normalized spacial score (nSPS) is 18.4. The van der Waals surface area contributed by atoms with Gasteiger partial charge in [-0.05, 0) is 18.4 Å². The van der Waals surface area contributed by atoms with Gasteiger partial charge in [-0.2, -0.15) is 0 Å². The minimum absolute atomic E-state index is 0.137. The highest BCUT2D eigenvalue weighted by atomic mass is 16.5. The van der Waals surface area contributed by atoms with E-state index in [1.807, 2.05) is 32.0 Å². The van der Waals surface area contributed by atoms with Gasteiger partial charge in [-0.1, -0.05) is 39.0 Å². The Morgan fingerprint density at radius 2 is 2.21 bits per heavy atom. The predicted octanol–water partition coefficient (Wildman–Crippen LogP) is 3.39. The molecule has 1 aliphatic heterocycles. The Hall–Kier alpha value is -1.64. The maximum atomic E-state index is 12.0. The molecule has 1 aromatic carbocycles. The molecule has 0 aromatic heterocycles. The van der Waals surface area contributed by atoms with Crippen molar-refractivity contribution in [1.29, 1.82) is 0 Å². The molecule has 1 unspecified atom stereocenters. The van der Waals surface area contributed by atoms with Gasteiger partial charge in [0.25, 0.3) is 0 Å². The van der Waals surface area contributed by atoms with Crippen LogP contribution in [0.4, 0.5) is 0 Å². The van der Waals surface area contributed by atoms with Gasteiger partial charge in [0.15, 0.2) is 5.78 Å². The van der Waals surface area contributed by atoms with E-state index >= 15 is 0 Å². The van der Waals surface area contributed by atoms with Gasteiger partial charge in [-0.25, -0.2) is 4.99 Å². The van der Waals surface area contributed by atoms with E-state index in [0.717, 1.165) is 16.7 Å². The first-order chi connectivity index (χ1) is 9.04. The molecule has 0 saturated carbocycles. The van der Waals surface area contributed by atoms with Gasteiger partial charge >= 0.3 is 0 Å². The van der Waals surface area contributed by atoms with E-state index in [-0.39, 0.29) is 11.8 Å². The van der Waals surface area contributed by atoms with E-state index in [4.69, 9.17) is 4.74 Å². The standard InChI is InChI=1S/C16H21NO2/c1-5-14(18)12-8-6-7-11(4)15(12)16-17-13(9-19-16)10(2)3/h6-8,10,13H,5,9H2,1-4H3. The van der Waals surface area contributed by atoms with Gasteiger partial charge in [0.2, 0.25) is 5.90 Å². The van der Waals surface area contributed by atoms with Crippen LogP contribution in [0.5, 0.6) is 0 Å². The molecular formula is C16H21NO2. The number of Topliss-reactive ketones (excluding diaryl/α,β-unsaturated/α-hetero) is 1. The lowest BCUT2D eigenvalue weighted by Crippen LogP contribution is -2.13. The summed E-state index contributed by atoms with van der Waals surface area (Å²) < 4.78 is 5.73. The fourth-order valence-electron chi connectivity index (χ4n) is 2.24. The van der Waals surface area contributed by atoms with Crippen molar-refractivity contribution in [2.45, 2.75) is 40.2 Å². The van der Waals surface area contributed by atoms with Crippen molar-refractivity contribution >= 4 is 11.7 Å². The highest BCUT2D eigenvalue weighted by Crippen LogP contribution is 2.23. The molecule has 19 heavy (non-hydrogen) atoms. The molecule has 2 rings (SSSR count). The fourth-order valence-corrected chi connectivity index (χ4v) is 2.24. The number of hydrogen-bond acceptors (Lipinski definition) is 3. The lowest BCUT2D eigenvalue weighted by Gasteiger charge is -2.10. The maximum absolute atomic E-state index is 12.0. The van der Waals surface area contributed by atoms with E-state index in [9.17, 15) is 4.79 Å². The third kappa shape index (κ3) is 2.70. The molecule has 1 atom stereocenters. The van der Waals surface area contributed by atoms with Crippen LogP contribution in [0.25, 0.3) is 0 Å². The molecule has 0 aliphatic carbocycles. The summed E-state index contributed by atoms with van der Waals surface area (Å²) in [6, 6.07) is 5.97. The van der Waals surface area contributed by atoms with Gasteiger partial charge in [-0.15, -0.1) is 0 Å². The molecule has 0 spiro atoms. The van der Waals surface area contributed by atoms with Crippen molar-refractivity contribution in [3.63, 3.8) is 0 Å². The smallest absolute Gasteiger partial charge is 0.217 e. The highest BCUT2D eigenvalue weighted by molar-refractivity contribution is 6.09. The number of nitrogens with zero attached hydrogens (tertiary/aromatic N) is 1. The number of rotatable bonds is 4. The molecule has 1 aliphatic rings. The number of aliphatic imine (C=N–C) groups is 1. The van der Waals surface area contributed by atoms with Crippen LogP contribution in [0, 0.1) is 12.8 Å². The van der Waals surface area contributed by atoms with Crippen LogP contribution in [0.2, 0.25) is 0 Å². The molecule has 0 amide bonds. The van der Waals surface area contributed by atoms with Gasteiger partial charge in [-0.3, -0.25) is 4.79 Å². The summed E-state index contributed by atoms with van der Waals surface area (Å²) in [7, 11) is 0. The quantitative estimate of drug-likeness (QED) is 0.777. The Kier molecular flexibility index (Phi) is 4.03. The first-order valence-corrected chi connectivity index (χ1v) is 6.88. The SMILES string of the molecule is CCC(=O)c1cccc(C)c1C1=NC(C(C)C)CO1. The lowest BCUT2D eigenvalue weighted by atomic mass is 9.97. The second kappa shape index (κ2) is 5.55. The molecule has 1 aromatic rings. The zero-order valence-corrected chi connectivity index (χ0v) is 12.1. The summed E-state index contributed by atoms with van der Waals surface area (Å²) in [6.45, 7) is 8.76. The number of ether oxygens (including phenoxy) is 1. The molecule has 0 saturated heterocycles. The number of hydrogen-bond donors (Lipinski definition) is 0. The molecule has 3 heteroatoms. The third-order valence-corrected chi connectivity index (χ3v) is 3.55. The Labute approximate surface area is 114 Å². The summed E-state index contributed by atoms with van der Waals surface area (Å²) >= 11 is 0. The number of carbonyl (C=O) groups excluding carboxylic acids is 1. The zero-order valence-electron chi connectivity index (χ0n) is 12.1. The van der Waals surface area contributed by atoms with E-state index in [1.165, 1.54) is 0 Å². The van der Waals surface area contributed by atoms with Crippen LogP contribution in [0.3, 0.4) is 0 Å². The number of ketones is 1. The zero-order chi connectivity index (χ0) is 14.0. The summed E-state index contributed by atoms with van der Waals surface area (Å²) in [4.78, 5) is 16.7.